The van der Waals surface area contributed by atoms with Gasteiger partial charge in [0.05, 0.1) is 5.56 Å². The van der Waals surface area contributed by atoms with Crippen LogP contribution in [0.2, 0.25) is 5.02 Å². The van der Waals surface area contributed by atoms with Gasteiger partial charge in [0, 0.05) is 11.1 Å². The number of carbonyl (C=O) groups excluding carboxylic acids is 2. The third kappa shape index (κ3) is 4.52. The fourth-order valence-corrected chi connectivity index (χ4v) is 1.49. The Morgan fingerprint density at radius 3 is 2.47 bits per heavy atom. The van der Waals surface area contributed by atoms with Gasteiger partial charge in [-0.05, 0) is 39.0 Å². The van der Waals surface area contributed by atoms with E-state index in [1.54, 1.807) is 13.8 Å². The zero-order valence-electron chi connectivity index (χ0n) is 10.9. The maximum atomic E-state index is 13.5. The van der Waals surface area contributed by atoms with Crippen LogP contribution in [-0.4, -0.2) is 24.0 Å². The normalized spacial score (nSPS) is 12.1. The number of carbonyl (C=O) groups is 2. The lowest BCUT2D eigenvalue weighted by atomic mass is 10.2. The Kier molecular flexibility index (Phi) is 5.30. The van der Waals surface area contributed by atoms with Crippen LogP contribution in [-0.2, 0) is 9.53 Å². The molecule has 0 aliphatic heterocycles. The van der Waals surface area contributed by atoms with E-state index in [1.807, 2.05) is 0 Å². The van der Waals surface area contributed by atoms with Crippen LogP contribution in [0.4, 0.5) is 4.39 Å². The molecule has 4 nitrogen and oxygen atoms in total. The van der Waals surface area contributed by atoms with Gasteiger partial charge in [-0.3, -0.25) is 4.79 Å². The maximum absolute atomic E-state index is 13.5. The van der Waals surface area contributed by atoms with E-state index in [4.69, 9.17) is 16.3 Å². The molecule has 1 aromatic carbocycles. The SMILES string of the molecule is CC(C)NC(=O)[C@H](C)OC(=O)c1ccc(Cl)cc1F. The molecule has 0 spiro atoms. The second-order valence-corrected chi connectivity index (χ2v) is 4.77. The van der Waals surface area contributed by atoms with Crippen molar-refractivity contribution in [2.24, 2.45) is 0 Å². The number of nitrogens with one attached hydrogen (secondary N) is 1. The minimum Gasteiger partial charge on any atom is -0.449 e. The predicted octanol–water partition coefficient (Wildman–Crippen LogP) is 2.55. The number of amides is 1. The van der Waals surface area contributed by atoms with E-state index < -0.39 is 23.8 Å². The van der Waals surface area contributed by atoms with Crippen molar-refractivity contribution in [3.63, 3.8) is 0 Å². The number of hydrogen-bond donors (Lipinski definition) is 1. The summed E-state index contributed by atoms with van der Waals surface area (Å²) >= 11 is 5.58. The molecule has 0 aromatic heterocycles. The van der Waals surface area contributed by atoms with Crippen molar-refractivity contribution in [1.82, 2.24) is 5.32 Å². The Morgan fingerprint density at radius 2 is 1.95 bits per heavy atom. The average Bonchev–Trinajstić information content (AvgIpc) is 2.27. The molecule has 0 saturated carbocycles. The Balaban J connectivity index is 2.71. The highest BCUT2D eigenvalue weighted by Crippen LogP contribution is 2.16. The molecule has 1 aromatic rings. The molecular formula is C13H15ClFNO3. The van der Waals surface area contributed by atoms with E-state index >= 15 is 0 Å². The van der Waals surface area contributed by atoms with E-state index in [0.717, 1.165) is 6.07 Å². The summed E-state index contributed by atoms with van der Waals surface area (Å²) in [6, 6.07) is 3.53. The number of ether oxygens (including phenoxy) is 1. The molecule has 0 bridgehead atoms. The lowest BCUT2D eigenvalue weighted by molar-refractivity contribution is -0.129. The zero-order valence-corrected chi connectivity index (χ0v) is 11.6. The molecule has 0 fully saturated rings. The van der Waals surface area contributed by atoms with Crippen LogP contribution in [0.15, 0.2) is 18.2 Å². The monoisotopic (exact) mass is 287 g/mol. The van der Waals surface area contributed by atoms with Gasteiger partial charge < -0.3 is 10.1 Å². The molecule has 6 heteroatoms. The van der Waals surface area contributed by atoms with Gasteiger partial charge in [-0.15, -0.1) is 0 Å². The second kappa shape index (κ2) is 6.52. The first-order chi connectivity index (χ1) is 8.81. The molecule has 0 unspecified atom stereocenters. The summed E-state index contributed by atoms with van der Waals surface area (Å²) in [6.07, 6.45) is -0.995. The maximum Gasteiger partial charge on any atom is 0.341 e. The molecule has 0 aliphatic carbocycles. The third-order valence-corrected chi connectivity index (χ3v) is 2.47. The first-order valence-electron chi connectivity index (χ1n) is 5.77. The standard InChI is InChI=1S/C13H15ClFNO3/c1-7(2)16-12(17)8(3)19-13(18)10-5-4-9(14)6-11(10)15/h4-8H,1-3H3,(H,16,17)/t8-/m0/s1. The van der Waals surface area contributed by atoms with Crippen molar-refractivity contribution in [2.75, 3.05) is 0 Å². The average molecular weight is 288 g/mol. The molecule has 19 heavy (non-hydrogen) atoms. The molecule has 1 atom stereocenters. The summed E-state index contributed by atoms with van der Waals surface area (Å²) in [5.41, 5.74) is -0.256. The quantitative estimate of drug-likeness (QED) is 0.866. The third-order valence-electron chi connectivity index (χ3n) is 2.24. The minimum absolute atomic E-state index is 0.0686. The minimum atomic E-state index is -0.995. The summed E-state index contributed by atoms with van der Waals surface area (Å²) in [4.78, 5) is 23.2. The molecule has 1 rings (SSSR count). The highest BCUT2D eigenvalue weighted by atomic mass is 35.5. The Morgan fingerprint density at radius 1 is 1.32 bits per heavy atom. The number of hydrogen-bond acceptors (Lipinski definition) is 3. The van der Waals surface area contributed by atoms with Crippen molar-refractivity contribution in [2.45, 2.75) is 32.9 Å². The van der Waals surface area contributed by atoms with E-state index in [9.17, 15) is 14.0 Å². The van der Waals surface area contributed by atoms with E-state index in [-0.39, 0.29) is 16.6 Å². The smallest absolute Gasteiger partial charge is 0.341 e. The predicted molar refractivity (Wildman–Crippen MR) is 69.6 cm³/mol. The van der Waals surface area contributed by atoms with Crippen molar-refractivity contribution in [1.29, 1.82) is 0 Å². The summed E-state index contributed by atoms with van der Waals surface area (Å²) in [5.74, 6) is -2.12. The first kappa shape index (κ1) is 15.4. The van der Waals surface area contributed by atoms with Crippen molar-refractivity contribution in [3.05, 3.63) is 34.6 Å². The van der Waals surface area contributed by atoms with Gasteiger partial charge in [0.15, 0.2) is 6.10 Å². The van der Waals surface area contributed by atoms with E-state index in [1.165, 1.54) is 19.1 Å². The number of benzene rings is 1. The number of esters is 1. The van der Waals surface area contributed by atoms with Crippen LogP contribution < -0.4 is 5.32 Å². The lowest BCUT2D eigenvalue weighted by Crippen LogP contribution is -2.39. The summed E-state index contributed by atoms with van der Waals surface area (Å²) in [7, 11) is 0. The van der Waals surface area contributed by atoms with Crippen molar-refractivity contribution < 1.29 is 18.7 Å². The second-order valence-electron chi connectivity index (χ2n) is 4.33. The fourth-order valence-electron chi connectivity index (χ4n) is 1.33. The van der Waals surface area contributed by atoms with Gasteiger partial charge in [0.25, 0.3) is 5.91 Å². The molecule has 1 amide bonds. The molecule has 0 saturated heterocycles. The molecule has 0 heterocycles. The Labute approximate surface area is 115 Å². The molecule has 0 radical (unpaired) electrons. The van der Waals surface area contributed by atoms with Gasteiger partial charge >= 0.3 is 5.97 Å². The van der Waals surface area contributed by atoms with Crippen LogP contribution in [0.1, 0.15) is 31.1 Å². The molecular weight excluding hydrogens is 273 g/mol. The van der Waals surface area contributed by atoms with Gasteiger partial charge in [-0.1, -0.05) is 11.6 Å². The number of rotatable bonds is 4. The topological polar surface area (TPSA) is 55.4 Å². The fraction of sp³-hybridized carbons (Fsp3) is 0.385. The lowest BCUT2D eigenvalue weighted by Gasteiger charge is -2.15. The first-order valence-corrected chi connectivity index (χ1v) is 6.15. The largest absolute Gasteiger partial charge is 0.449 e. The van der Waals surface area contributed by atoms with Crippen LogP contribution in [0, 0.1) is 5.82 Å². The zero-order chi connectivity index (χ0) is 14.6. The van der Waals surface area contributed by atoms with Crippen LogP contribution in [0.5, 0.6) is 0 Å². The summed E-state index contributed by atoms with van der Waals surface area (Å²) in [6.45, 7) is 4.99. The molecule has 104 valence electrons. The van der Waals surface area contributed by atoms with Gasteiger partial charge in [-0.25, -0.2) is 9.18 Å². The summed E-state index contributed by atoms with van der Waals surface area (Å²) in [5, 5.41) is 2.77. The van der Waals surface area contributed by atoms with E-state index in [0.29, 0.717) is 0 Å². The van der Waals surface area contributed by atoms with Crippen molar-refractivity contribution in [3.8, 4) is 0 Å². The molecule has 1 N–H and O–H groups in total. The summed E-state index contributed by atoms with van der Waals surface area (Å²) < 4.78 is 18.4. The Bertz CT molecular complexity index is 491. The van der Waals surface area contributed by atoms with Crippen LogP contribution in [0.3, 0.4) is 0 Å². The van der Waals surface area contributed by atoms with Crippen LogP contribution >= 0.6 is 11.6 Å². The number of halogens is 2. The van der Waals surface area contributed by atoms with Gasteiger partial charge in [0.1, 0.15) is 5.82 Å². The van der Waals surface area contributed by atoms with Gasteiger partial charge in [0.2, 0.25) is 0 Å². The highest BCUT2D eigenvalue weighted by Gasteiger charge is 2.21. The Hall–Kier alpha value is -1.62. The highest BCUT2D eigenvalue weighted by molar-refractivity contribution is 6.30. The van der Waals surface area contributed by atoms with Crippen LogP contribution in [0.25, 0.3) is 0 Å². The van der Waals surface area contributed by atoms with Gasteiger partial charge in [-0.2, -0.15) is 0 Å². The molecule has 0 aliphatic rings. The van der Waals surface area contributed by atoms with Crippen molar-refractivity contribution >= 4 is 23.5 Å². The van der Waals surface area contributed by atoms with E-state index in [2.05, 4.69) is 5.32 Å².